The third kappa shape index (κ3) is 3.30. The minimum atomic E-state index is -0.519. The summed E-state index contributed by atoms with van der Waals surface area (Å²) < 4.78 is 0. The molecule has 0 spiro atoms. The zero-order valence-electron chi connectivity index (χ0n) is 9.82. The molecule has 0 saturated carbocycles. The number of halogens is 2. The number of nitrogens with zero attached hydrogens (tertiary/aromatic N) is 3. The molecule has 1 aromatic carbocycles. The molecule has 1 aromatic heterocycles. The minimum absolute atomic E-state index is 0.0220. The number of aryl methyl sites for hydroxylation is 1. The molecule has 0 aliphatic heterocycles. The Morgan fingerprint density at radius 2 is 1.84 bits per heavy atom. The fraction of sp³-hybridized carbons (Fsp3) is 0.0909. The summed E-state index contributed by atoms with van der Waals surface area (Å²) in [5.41, 5.74) is 7.12. The molecular weight excluding hydrogens is 289 g/mol. The second-order valence-corrected chi connectivity index (χ2v) is 4.39. The van der Waals surface area contributed by atoms with Crippen LogP contribution in [0.2, 0.25) is 10.6 Å². The summed E-state index contributed by atoms with van der Waals surface area (Å²) in [6.45, 7) is 1.86. The van der Waals surface area contributed by atoms with Crippen molar-refractivity contribution in [3.8, 4) is 0 Å². The largest absolute Gasteiger partial charge is 0.366 e. The van der Waals surface area contributed by atoms with Gasteiger partial charge in [-0.3, -0.25) is 4.79 Å². The fourth-order valence-corrected chi connectivity index (χ4v) is 1.78. The van der Waals surface area contributed by atoms with Crippen LogP contribution < -0.4 is 11.1 Å². The van der Waals surface area contributed by atoms with Gasteiger partial charge in [-0.25, -0.2) is 0 Å². The Bertz CT molecular complexity index is 627. The van der Waals surface area contributed by atoms with Gasteiger partial charge in [0, 0.05) is 11.3 Å². The van der Waals surface area contributed by atoms with Crippen molar-refractivity contribution >= 4 is 40.7 Å². The number of amides is 1. The van der Waals surface area contributed by atoms with Crippen molar-refractivity contribution in [2.45, 2.75) is 6.92 Å². The predicted molar refractivity (Wildman–Crippen MR) is 72.8 cm³/mol. The molecular formula is C11H9Cl2N5O. The number of hydrogen-bond donors (Lipinski definition) is 2. The van der Waals surface area contributed by atoms with Crippen LogP contribution in [0.4, 0.5) is 11.6 Å². The van der Waals surface area contributed by atoms with Crippen molar-refractivity contribution in [3.05, 3.63) is 39.9 Å². The molecule has 6 nitrogen and oxygen atoms in total. The molecule has 3 N–H and O–H groups in total. The summed E-state index contributed by atoms with van der Waals surface area (Å²) in [4.78, 5) is 22.5. The van der Waals surface area contributed by atoms with Crippen LogP contribution in [-0.4, -0.2) is 20.9 Å². The van der Waals surface area contributed by atoms with Crippen LogP contribution in [0.5, 0.6) is 0 Å². The Balaban J connectivity index is 2.37. The van der Waals surface area contributed by atoms with E-state index in [0.29, 0.717) is 11.3 Å². The van der Waals surface area contributed by atoms with E-state index in [9.17, 15) is 4.79 Å². The number of carbonyl (C=O) groups is 1. The maximum absolute atomic E-state index is 11.1. The van der Waals surface area contributed by atoms with Gasteiger partial charge in [0.25, 0.3) is 0 Å². The molecule has 98 valence electrons. The number of primary amides is 1. The van der Waals surface area contributed by atoms with Crippen molar-refractivity contribution in [2.75, 3.05) is 5.32 Å². The van der Waals surface area contributed by atoms with E-state index in [1.54, 1.807) is 18.2 Å². The van der Waals surface area contributed by atoms with Gasteiger partial charge >= 0.3 is 0 Å². The van der Waals surface area contributed by atoms with Gasteiger partial charge in [-0.1, -0.05) is 6.07 Å². The Labute approximate surface area is 119 Å². The van der Waals surface area contributed by atoms with E-state index in [-0.39, 0.29) is 16.5 Å². The lowest BCUT2D eigenvalue weighted by Crippen LogP contribution is -2.11. The third-order valence-electron chi connectivity index (χ3n) is 2.35. The highest BCUT2D eigenvalue weighted by atomic mass is 35.5. The average Bonchev–Trinajstić information content (AvgIpc) is 2.30. The molecule has 0 bridgehead atoms. The van der Waals surface area contributed by atoms with E-state index in [1.807, 2.05) is 6.92 Å². The maximum Gasteiger partial charge on any atom is 0.248 e. The first kappa shape index (κ1) is 13.5. The molecule has 8 heteroatoms. The van der Waals surface area contributed by atoms with E-state index in [0.717, 1.165) is 5.56 Å². The van der Waals surface area contributed by atoms with E-state index >= 15 is 0 Å². The first-order chi connectivity index (χ1) is 8.95. The molecule has 0 aliphatic carbocycles. The number of nitrogens with two attached hydrogens (primary N) is 1. The van der Waals surface area contributed by atoms with Crippen LogP contribution in [0, 0.1) is 6.92 Å². The van der Waals surface area contributed by atoms with Gasteiger partial charge in [0.15, 0.2) is 0 Å². The summed E-state index contributed by atoms with van der Waals surface area (Å²) in [5, 5.41) is 2.87. The Kier molecular flexibility index (Phi) is 3.82. The topological polar surface area (TPSA) is 93.8 Å². The molecule has 2 rings (SSSR count). The molecule has 0 aliphatic rings. The van der Waals surface area contributed by atoms with Gasteiger partial charge in [0.05, 0.1) is 0 Å². The standard InChI is InChI=1S/C11H9Cl2N5O/c1-5-2-3-6(8(14)19)4-7(5)15-11-17-9(12)16-10(13)18-11/h2-4H,1H3,(H2,14,19)(H,15,16,17,18). The number of carbonyl (C=O) groups excluding carboxylic acids is 1. The van der Waals surface area contributed by atoms with Crippen molar-refractivity contribution in [3.63, 3.8) is 0 Å². The quantitative estimate of drug-likeness (QED) is 0.907. The maximum atomic E-state index is 11.1. The third-order valence-corrected chi connectivity index (χ3v) is 2.69. The lowest BCUT2D eigenvalue weighted by molar-refractivity contribution is 0.100. The number of benzene rings is 1. The second-order valence-electron chi connectivity index (χ2n) is 3.72. The van der Waals surface area contributed by atoms with Crippen LogP contribution in [0.25, 0.3) is 0 Å². The van der Waals surface area contributed by atoms with E-state index < -0.39 is 5.91 Å². The molecule has 19 heavy (non-hydrogen) atoms. The molecule has 1 heterocycles. The lowest BCUT2D eigenvalue weighted by atomic mass is 10.1. The molecule has 0 unspecified atom stereocenters. The number of anilines is 2. The summed E-state index contributed by atoms with van der Waals surface area (Å²) in [6.07, 6.45) is 0. The number of rotatable bonds is 3. The second kappa shape index (κ2) is 5.38. The predicted octanol–water partition coefficient (Wildman–Crippen LogP) is 2.33. The van der Waals surface area contributed by atoms with Gasteiger partial charge in [-0.05, 0) is 47.8 Å². The number of nitrogens with one attached hydrogen (secondary N) is 1. The van der Waals surface area contributed by atoms with Crippen LogP contribution >= 0.6 is 23.2 Å². The molecule has 0 atom stereocenters. The Morgan fingerprint density at radius 1 is 1.21 bits per heavy atom. The monoisotopic (exact) mass is 297 g/mol. The van der Waals surface area contributed by atoms with Gasteiger partial charge < -0.3 is 11.1 Å². The summed E-state index contributed by atoms with van der Waals surface area (Å²) in [6, 6.07) is 4.99. The number of aromatic nitrogens is 3. The zero-order chi connectivity index (χ0) is 14.0. The fourth-order valence-electron chi connectivity index (χ4n) is 1.41. The highest BCUT2D eigenvalue weighted by Crippen LogP contribution is 2.21. The highest BCUT2D eigenvalue weighted by molar-refractivity contribution is 6.31. The lowest BCUT2D eigenvalue weighted by Gasteiger charge is -2.09. The van der Waals surface area contributed by atoms with Crippen LogP contribution in [0.3, 0.4) is 0 Å². The van der Waals surface area contributed by atoms with Crippen molar-refractivity contribution in [1.29, 1.82) is 0 Å². The van der Waals surface area contributed by atoms with Crippen molar-refractivity contribution in [2.24, 2.45) is 5.73 Å². The first-order valence-corrected chi connectivity index (χ1v) is 5.96. The summed E-state index contributed by atoms with van der Waals surface area (Å²) >= 11 is 11.4. The van der Waals surface area contributed by atoms with Crippen LogP contribution in [0.1, 0.15) is 15.9 Å². The van der Waals surface area contributed by atoms with E-state index in [2.05, 4.69) is 20.3 Å². The first-order valence-electron chi connectivity index (χ1n) is 5.20. The molecule has 0 radical (unpaired) electrons. The Hall–Kier alpha value is -1.92. The Morgan fingerprint density at radius 3 is 2.42 bits per heavy atom. The van der Waals surface area contributed by atoms with Crippen LogP contribution in [-0.2, 0) is 0 Å². The van der Waals surface area contributed by atoms with Gasteiger partial charge in [0.2, 0.25) is 22.4 Å². The van der Waals surface area contributed by atoms with Crippen molar-refractivity contribution < 1.29 is 4.79 Å². The molecule has 1 amide bonds. The van der Waals surface area contributed by atoms with Gasteiger partial charge in [-0.2, -0.15) is 15.0 Å². The normalized spacial score (nSPS) is 10.3. The van der Waals surface area contributed by atoms with Gasteiger partial charge in [-0.15, -0.1) is 0 Å². The molecule has 2 aromatic rings. The van der Waals surface area contributed by atoms with E-state index in [4.69, 9.17) is 28.9 Å². The van der Waals surface area contributed by atoms with Crippen molar-refractivity contribution in [1.82, 2.24) is 15.0 Å². The van der Waals surface area contributed by atoms with E-state index in [1.165, 1.54) is 0 Å². The number of hydrogen-bond acceptors (Lipinski definition) is 5. The molecule has 0 fully saturated rings. The minimum Gasteiger partial charge on any atom is -0.366 e. The van der Waals surface area contributed by atoms with Gasteiger partial charge in [0.1, 0.15) is 0 Å². The SMILES string of the molecule is Cc1ccc(C(N)=O)cc1Nc1nc(Cl)nc(Cl)n1. The summed E-state index contributed by atoms with van der Waals surface area (Å²) in [7, 11) is 0. The highest BCUT2D eigenvalue weighted by Gasteiger charge is 2.08. The molecule has 0 saturated heterocycles. The van der Waals surface area contributed by atoms with Crippen LogP contribution in [0.15, 0.2) is 18.2 Å². The zero-order valence-corrected chi connectivity index (χ0v) is 11.3. The summed E-state index contributed by atoms with van der Waals surface area (Å²) in [5.74, 6) is -0.329. The smallest absolute Gasteiger partial charge is 0.248 e. The average molecular weight is 298 g/mol.